The molecule has 2 aromatic carbocycles. The average Bonchev–Trinajstić information content (AvgIpc) is 3.01. The summed E-state index contributed by atoms with van der Waals surface area (Å²) in [5.74, 6) is -0.685. The van der Waals surface area contributed by atoms with E-state index < -0.39 is 5.91 Å². The first-order valence-corrected chi connectivity index (χ1v) is 9.47. The summed E-state index contributed by atoms with van der Waals surface area (Å²) in [5.41, 5.74) is 4.88. The van der Waals surface area contributed by atoms with Crippen LogP contribution in [0.2, 0.25) is 5.02 Å². The van der Waals surface area contributed by atoms with Gasteiger partial charge in [0.1, 0.15) is 6.54 Å². The SMILES string of the molecule is Cc1ccc(NC(=O)c2nnn(CC(=O)Nc3cc(C)ccc3C)c2C)c(Cl)c1. The highest BCUT2D eigenvalue weighted by Crippen LogP contribution is 2.23. The molecule has 0 unspecified atom stereocenters. The van der Waals surface area contributed by atoms with Crippen LogP contribution in [0.4, 0.5) is 11.4 Å². The number of aryl methyl sites for hydroxylation is 3. The van der Waals surface area contributed by atoms with Gasteiger partial charge in [0.15, 0.2) is 5.69 Å². The van der Waals surface area contributed by atoms with Gasteiger partial charge in [0.25, 0.3) is 5.91 Å². The van der Waals surface area contributed by atoms with Crippen molar-refractivity contribution in [3.05, 3.63) is 69.5 Å². The highest BCUT2D eigenvalue weighted by molar-refractivity contribution is 6.34. The number of benzene rings is 2. The number of halogens is 1. The number of anilines is 2. The third-order valence-electron chi connectivity index (χ3n) is 4.53. The van der Waals surface area contributed by atoms with Crippen LogP contribution in [0, 0.1) is 27.7 Å². The van der Waals surface area contributed by atoms with E-state index in [9.17, 15) is 9.59 Å². The van der Waals surface area contributed by atoms with E-state index in [2.05, 4.69) is 20.9 Å². The van der Waals surface area contributed by atoms with E-state index in [1.807, 2.05) is 45.0 Å². The van der Waals surface area contributed by atoms with Crippen molar-refractivity contribution in [2.75, 3.05) is 10.6 Å². The lowest BCUT2D eigenvalue weighted by atomic mass is 10.1. The van der Waals surface area contributed by atoms with Gasteiger partial charge in [-0.1, -0.05) is 35.0 Å². The van der Waals surface area contributed by atoms with E-state index in [1.54, 1.807) is 19.1 Å². The second-order valence-electron chi connectivity index (χ2n) is 6.99. The second kappa shape index (κ2) is 8.45. The minimum absolute atomic E-state index is 0.0508. The molecule has 0 spiro atoms. The quantitative estimate of drug-likeness (QED) is 0.662. The van der Waals surface area contributed by atoms with Crippen molar-refractivity contribution in [3.63, 3.8) is 0 Å². The molecule has 0 fully saturated rings. The first-order chi connectivity index (χ1) is 13.7. The molecule has 3 aromatic rings. The van der Waals surface area contributed by atoms with Crippen LogP contribution < -0.4 is 10.6 Å². The number of hydrogen-bond donors (Lipinski definition) is 2. The Morgan fingerprint density at radius 2 is 1.66 bits per heavy atom. The second-order valence-corrected chi connectivity index (χ2v) is 7.39. The number of nitrogens with one attached hydrogen (secondary N) is 2. The van der Waals surface area contributed by atoms with Crippen molar-refractivity contribution in [1.82, 2.24) is 15.0 Å². The molecular formula is C21H22ClN5O2. The number of rotatable bonds is 5. The molecule has 29 heavy (non-hydrogen) atoms. The number of hydrogen-bond acceptors (Lipinski definition) is 4. The topological polar surface area (TPSA) is 88.9 Å². The first kappa shape index (κ1) is 20.5. The van der Waals surface area contributed by atoms with E-state index in [-0.39, 0.29) is 18.1 Å². The Labute approximate surface area is 174 Å². The number of amides is 2. The van der Waals surface area contributed by atoms with E-state index in [0.717, 1.165) is 22.4 Å². The summed E-state index contributed by atoms with van der Waals surface area (Å²) in [6, 6.07) is 11.2. The Bertz CT molecular complexity index is 1090. The molecule has 0 aliphatic rings. The van der Waals surface area contributed by atoms with Gasteiger partial charge in [-0.15, -0.1) is 5.10 Å². The summed E-state index contributed by atoms with van der Waals surface area (Å²) >= 11 is 6.17. The van der Waals surface area contributed by atoms with Crippen molar-refractivity contribution < 1.29 is 9.59 Å². The largest absolute Gasteiger partial charge is 0.324 e. The fourth-order valence-electron chi connectivity index (χ4n) is 2.82. The molecule has 0 saturated carbocycles. The third-order valence-corrected chi connectivity index (χ3v) is 4.84. The molecule has 7 nitrogen and oxygen atoms in total. The van der Waals surface area contributed by atoms with Crippen LogP contribution in [0.5, 0.6) is 0 Å². The molecule has 0 aliphatic carbocycles. The summed E-state index contributed by atoms with van der Waals surface area (Å²) in [4.78, 5) is 25.0. The Balaban J connectivity index is 1.70. The van der Waals surface area contributed by atoms with Crippen molar-refractivity contribution >= 4 is 34.8 Å². The molecule has 1 heterocycles. The number of carbonyl (C=O) groups is 2. The summed E-state index contributed by atoms with van der Waals surface area (Å²) in [7, 11) is 0. The Kier molecular flexibility index (Phi) is 5.98. The van der Waals surface area contributed by atoms with Crippen LogP contribution in [-0.2, 0) is 11.3 Å². The minimum atomic E-state index is -0.436. The average molecular weight is 412 g/mol. The molecule has 0 saturated heterocycles. The van der Waals surface area contributed by atoms with Crippen LogP contribution in [0.25, 0.3) is 0 Å². The van der Waals surface area contributed by atoms with Crippen LogP contribution in [-0.4, -0.2) is 26.8 Å². The highest BCUT2D eigenvalue weighted by Gasteiger charge is 2.19. The molecule has 8 heteroatoms. The smallest absolute Gasteiger partial charge is 0.278 e. The lowest BCUT2D eigenvalue weighted by molar-refractivity contribution is -0.117. The van der Waals surface area contributed by atoms with Gasteiger partial charge in [-0.25, -0.2) is 4.68 Å². The van der Waals surface area contributed by atoms with Gasteiger partial charge in [-0.2, -0.15) is 0 Å². The fraction of sp³-hybridized carbons (Fsp3) is 0.238. The molecule has 2 amide bonds. The fourth-order valence-corrected chi connectivity index (χ4v) is 3.10. The van der Waals surface area contributed by atoms with E-state index >= 15 is 0 Å². The van der Waals surface area contributed by atoms with Gasteiger partial charge in [0.05, 0.1) is 16.4 Å². The van der Waals surface area contributed by atoms with Crippen molar-refractivity contribution in [2.24, 2.45) is 0 Å². The third kappa shape index (κ3) is 4.81. The van der Waals surface area contributed by atoms with Crippen molar-refractivity contribution in [2.45, 2.75) is 34.2 Å². The van der Waals surface area contributed by atoms with Gasteiger partial charge in [-0.3, -0.25) is 9.59 Å². The minimum Gasteiger partial charge on any atom is -0.324 e. The number of aromatic nitrogens is 3. The molecule has 3 rings (SSSR count). The maximum absolute atomic E-state index is 12.6. The van der Waals surface area contributed by atoms with E-state index in [4.69, 9.17) is 11.6 Å². The van der Waals surface area contributed by atoms with Crippen LogP contribution >= 0.6 is 11.6 Å². The predicted octanol–water partition coefficient (Wildman–Crippen LogP) is 4.06. The Morgan fingerprint density at radius 1 is 0.966 bits per heavy atom. The van der Waals surface area contributed by atoms with Crippen LogP contribution in [0.15, 0.2) is 36.4 Å². The molecule has 150 valence electrons. The maximum atomic E-state index is 12.6. The van der Waals surface area contributed by atoms with E-state index in [1.165, 1.54) is 4.68 Å². The summed E-state index contributed by atoms with van der Waals surface area (Å²) in [5, 5.41) is 13.9. The van der Waals surface area contributed by atoms with Crippen molar-refractivity contribution in [1.29, 1.82) is 0 Å². The van der Waals surface area contributed by atoms with Gasteiger partial charge < -0.3 is 10.6 Å². The predicted molar refractivity (Wildman–Crippen MR) is 113 cm³/mol. The summed E-state index contributed by atoms with van der Waals surface area (Å²) in [6.07, 6.45) is 0. The zero-order chi connectivity index (χ0) is 21.1. The highest BCUT2D eigenvalue weighted by atomic mass is 35.5. The maximum Gasteiger partial charge on any atom is 0.278 e. The van der Waals surface area contributed by atoms with Gasteiger partial charge in [-0.05, 0) is 62.6 Å². The molecule has 0 atom stereocenters. The monoisotopic (exact) mass is 411 g/mol. The molecular weight excluding hydrogens is 390 g/mol. The standard InChI is InChI=1S/C21H22ClN5O2/c1-12-6-8-17(16(22)9-12)24-21(29)20-15(4)27(26-25-20)11-19(28)23-18-10-13(2)5-7-14(18)3/h5-10H,11H2,1-4H3,(H,23,28)(H,24,29). The Hall–Kier alpha value is -3.19. The zero-order valence-electron chi connectivity index (χ0n) is 16.7. The number of carbonyl (C=O) groups excluding carboxylic acids is 2. The lowest BCUT2D eigenvalue weighted by Crippen LogP contribution is -2.21. The summed E-state index contributed by atoms with van der Waals surface area (Å²) < 4.78 is 1.39. The van der Waals surface area contributed by atoms with Crippen LogP contribution in [0.1, 0.15) is 32.9 Å². The van der Waals surface area contributed by atoms with Gasteiger partial charge in [0.2, 0.25) is 5.91 Å². The molecule has 1 aromatic heterocycles. The molecule has 0 bridgehead atoms. The Morgan fingerprint density at radius 3 is 2.38 bits per heavy atom. The van der Waals surface area contributed by atoms with E-state index in [0.29, 0.717) is 16.4 Å². The molecule has 0 radical (unpaired) electrons. The zero-order valence-corrected chi connectivity index (χ0v) is 17.5. The first-order valence-electron chi connectivity index (χ1n) is 9.09. The lowest BCUT2D eigenvalue weighted by Gasteiger charge is -2.10. The van der Waals surface area contributed by atoms with Crippen LogP contribution in [0.3, 0.4) is 0 Å². The van der Waals surface area contributed by atoms with Gasteiger partial charge >= 0.3 is 0 Å². The molecule has 2 N–H and O–H groups in total. The molecule has 0 aliphatic heterocycles. The van der Waals surface area contributed by atoms with Crippen molar-refractivity contribution in [3.8, 4) is 0 Å². The summed E-state index contributed by atoms with van der Waals surface area (Å²) in [6.45, 7) is 7.44. The number of nitrogens with zero attached hydrogens (tertiary/aromatic N) is 3. The van der Waals surface area contributed by atoms with Gasteiger partial charge in [0, 0.05) is 5.69 Å². The normalized spacial score (nSPS) is 10.7.